The highest BCUT2D eigenvalue weighted by Gasteiger charge is 2.26. The van der Waals surface area contributed by atoms with Gasteiger partial charge in [-0.1, -0.05) is 18.2 Å². The van der Waals surface area contributed by atoms with Gasteiger partial charge in [-0.3, -0.25) is 19.7 Å². The van der Waals surface area contributed by atoms with Gasteiger partial charge >= 0.3 is 5.97 Å². The van der Waals surface area contributed by atoms with Crippen LogP contribution in [0.5, 0.6) is 5.75 Å². The molecule has 0 saturated carbocycles. The zero-order valence-corrected chi connectivity index (χ0v) is 19.4. The van der Waals surface area contributed by atoms with Gasteiger partial charge in [-0.25, -0.2) is 4.79 Å². The van der Waals surface area contributed by atoms with Crippen molar-refractivity contribution in [3.8, 4) is 5.75 Å². The van der Waals surface area contributed by atoms with Gasteiger partial charge in [0.15, 0.2) is 0 Å². The second-order valence-electron chi connectivity index (χ2n) is 7.09. The fraction of sp³-hybridized carbons (Fsp3) is 0.174. The molecule has 2 N–H and O–H groups in total. The van der Waals surface area contributed by atoms with Crippen molar-refractivity contribution >= 4 is 45.5 Å². The third kappa shape index (κ3) is 5.56. The molecule has 3 aromatic rings. The zero-order chi connectivity index (χ0) is 24.8. The second kappa shape index (κ2) is 10.6. The highest BCUT2D eigenvalue weighted by molar-refractivity contribution is 7.18. The Morgan fingerprint density at radius 3 is 2.38 bits per heavy atom. The number of rotatable bonds is 8. The Balaban J connectivity index is 1.84. The Kier molecular flexibility index (Phi) is 7.59. The van der Waals surface area contributed by atoms with Crippen molar-refractivity contribution in [2.75, 3.05) is 24.9 Å². The first-order chi connectivity index (χ1) is 16.2. The Labute approximate surface area is 198 Å². The first-order valence-electron chi connectivity index (χ1n) is 9.93. The normalized spacial score (nSPS) is 10.3. The van der Waals surface area contributed by atoms with Crippen LogP contribution in [0, 0.1) is 17.0 Å². The number of nitrogens with zero attached hydrogens (tertiary/aromatic N) is 1. The Bertz CT molecular complexity index is 1250. The van der Waals surface area contributed by atoms with Crippen LogP contribution in [0.25, 0.3) is 0 Å². The predicted octanol–water partition coefficient (Wildman–Crippen LogP) is 4.19. The van der Waals surface area contributed by atoms with Crippen molar-refractivity contribution in [2.24, 2.45) is 0 Å². The molecule has 34 heavy (non-hydrogen) atoms. The molecule has 3 rings (SSSR count). The van der Waals surface area contributed by atoms with Crippen LogP contribution >= 0.6 is 11.3 Å². The predicted molar refractivity (Wildman–Crippen MR) is 127 cm³/mol. The molecule has 0 spiro atoms. The molecule has 2 amide bonds. The first-order valence-corrected chi connectivity index (χ1v) is 10.8. The van der Waals surface area contributed by atoms with Gasteiger partial charge in [-0.15, -0.1) is 11.3 Å². The maximum atomic E-state index is 12.9. The molecule has 0 aliphatic rings. The second-order valence-corrected chi connectivity index (χ2v) is 8.11. The van der Waals surface area contributed by atoms with E-state index >= 15 is 0 Å². The number of amides is 2. The van der Waals surface area contributed by atoms with Gasteiger partial charge in [0.05, 0.1) is 36.0 Å². The van der Waals surface area contributed by atoms with Gasteiger partial charge in [-0.2, -0.15) is 0 Å². The average Bonchev–Trinajstić information content (AvgIpc) is 3.14. The van der Waals surface area contributed by atoms with Crippen LogP contribution in [0.15, 0.2) is 48.5 Å². The van der Waals surface area contributed by atoms with Crippen LogP contribution in [0.2, 0.25) is 0 Å². The first kappa shape index (κ1) is 24.4. The molecule has 0 unspecified atom stereocenters. The third-order valence-electron chi connectivity index (χ3n) is 4.83. The molecule has 0 atom stereocenters. The largest absolute Gasteiger partial charge is 0.497 e. The van der Waals surface area contributed by atoms with Gasteiger partial charge < -0.3 is 20.1 Å². The number of carbonyl (C=O) groups is 3. The molecule has 176 valence electrons. The van der Waals surface area contributed by atoms with E-state index in [0.29, 0.717) is 11.3 Å². The number of anilines is 2. The Morgan fingerprint density at radius 2 is 1.76 bits per heavy atom. The number of benzene rings is 2. The molecule has 0 fully saturated rings. The number of carbonyl (C=O) groups excluding carboxylic acids is 3. The highest BCUT2D eigenvalue weighted by atomic mass is 32.1. The smallest absolute Gasteiger partial charge is 0.341 e. The summed E-state index contributed by atoms with van der Waals surface area (Å²) < 4.78 is 9.93. The van der Waals surface area contributed by atoms with Gasteiger partial charge in [0.2, 0.25) is 5.91 Å². The number of nitro benzene ring substituents is 1. The van der Waals surface area contributed by atoms with Crippen LogP contribution in [-0.2, 0) is 16.0 Å². The molecular formula is C23H21N3O7S. The van der Waals surface area contributed by atoms with E-state index in [2.05, 4.69) is 10.6 Å². The van der Waals surface area contributed by atoms with E-state index in [9.17, 15) is 24.5 Å². The molecule has 0 aliphatic heterocycles. The van der Waals surface area contributed by atoms with E-state index in [1.807, 2.05) is 0 Å². The molecule has 1 aromatic heterocycles. The SMILES string of the molecule is COC(=O)c1c(NC(=O)Cc2ccc(OC)cc2)sc(C(=O)Nc2cccc([N+](=O)[O-])c2)c1C. The Hall–Kier alpha value is -4.25. The summed E-state index contributed by atoms with van der Waals surface area (Å²) in [6.45, 7) is 1.56. The molecule has 2 aromatic carbocycles. The highest BCUT2D eigenvalue weighted by Crippen LogP contribution is 2.34. The molecule has 0 radical (unpaired) electrons. The van der Waals surface area contributed by atoms with Crippen molar-refractivity contribution in [1.29, 1.82) is 0 Å². The maximum Gasteiger partial charge on any atom is 0.341 e. The molecule has 10 nitrogen and oxygen atoms in total. The molecule has 11 heteroatoms. The van der Waals surface area contributed by atoms with Gasteiger partial charge in [0.25, 0.3) is 11.6 Å². The van der Waals surface area contributed by atoms with Crippen molar-refractivity contribution in [3.63, 3.8) is 0 Å². The van der Waals surface area contributed by atoms with E-state index in [0.717, 1.165) is 16.9 Å². The minimum Gasteiger partial charge on any atom is -0.497 e. The number of hydrogen-bond donors (Lipinski definition) is 2. The van der Waals surface area contributed by atoms with Crippen LogP contribution in [0.4, 0.5) is 16.4 Å². The summed E-state index contributed by atoms with van der Waals surface area (Å²) in [5, 5.41) is 16.4. The fourth-order valence-corrected chi connectivity index (χ4v) is 4.26. The number of nitro groups is 1. The van der Waals surface area contributed by atoms with Gasteiger partial charge in [0.1, 0.15) is 10.8 Å². The van der Waals surface area contributed by atoms with E-state index < -0.39 is 16.8 Å². The standard InChI is InChI=1S/C23H21N3O7S/c1-13-19(23(29)33-3)22(25-18(27)11-14-7-9-17(32-2)10-8-14)34-20(13)21(28)24-15-5-4-6-16(12-15)26(30)31/h4-10,12H,11H2,1-3H3,(H,24,28)(H,25,27). The summed E-state index contributed by atoms with van der Waals surface area (Å²) in [6, 6.07) is 12.4. The lowest BCUT2D eigenvalue weighted by Gasteiger charge is -2.07. The van der Waals surface area contributed by atoms with E-state index in [1.54, 1.807) is 38.3 Å². The number of nitrogens with one attached hydrogen (secondary N) is 2. The number of non-ortho nitro benzene ring substituents is 1. The summed E-state index contributed by atoms with van der Waals surface area (Å²) in [6.07, 6.45) is 0.0385. The molecule has 1 heterocycles. The lowest BCUT2D eigenvalue weighted by atomic mass is 10.1. The maximum absolute atomic E-state index is 12.9. The minimum absolute atomic E-state index is 0.0385. The van der Waals surface area contributed by atoms with E-state index in [-0.39, 0.29) is 39.1 Å². The van der Waals surface area contributed by atoms with Crippen molar-refractivity contribution < 1.29 is 28.8 Å². The van der Waals surface area contributed by atoms with Crippen LogP contribution in [0.1, 0.15) is 31.2 Å². The van der Waals surface area contributed by atoms with Gasteiger partial charge in [0, 0.05) is 17.8 Å². The minimum atomic E-state index is -0.706. The van der Waals surface area contributed by atoms with Gasteiger partial charge in [-0.05, 0) is 36.2 Å². The lowest BCUT2D eigenvalue weighted by molar-refractivity contribution is -0.384. The lowest BCUT2D eigenvalue weighted by Crippen LogP contribution is -2.16. The summed E-state index contributed by atoms with van der Waals surface area (Å²) in [7, 11) is 2.74. The van der Waals surface area contributed by atoms with Crippen molar-refractivity contribution in [1.82, 2.24) is 0 Å². The molecular weight excluding hydrogens is 462 g/mol. The number of ether oxygens (including phenoxy) is 2. The number of methoxy groups -OCH3 is 2. The third-order valence-corrected chi connectivity index (χ3v) is 6.04. The summed E-state index contributed by atoms with van der Waals surface area (Å²) in [4.78, 5) is 48.5. The van der Waals surface area contributed by atoms with E-state index in [4.69, 9.17) is 9.47 Å². The number of thiophene rings is 1. The van der Waals surface area contributed by atoms with Crippen molar-refractivity contribution in [2.45, 2.75) is 13.3 Å². The molecule has 0 saturated heterocycles. The molecule has 0 aliphatic carbocycles. The summed E-state index contributed by atoms with van der Waals surface area (Å²) >= 11 is 0.914. The number of esters is 1. The average molecular weight is 484 g/mol. The number of hydrogen-bond acceptors (Lipinski definition) is 8. The summed E-state index contributed by atoms with van der Waals surface area (Å²) in [5.41, 5.74) is 1.16. The van der Waals surface area contributed by atoms with Crippen LogP contribution < -0.4 is 15.4 Å². The van der Waals surface area contributed by atoms with Crippen LogP contribution in [0.3, 0.4) is 0 Å². The van der Waals surface area contributed by atoms with Crippen LogP contribution in [-0.4, -0.2) is 36.9 Å². The quantitative estimate of drug-likeness (QED) is 0.278. The zero-order valence-electron chi connectivity index (χ0n) is 18.5. The Morgan fingerprint density at radius 1 is 1.06 bits per heavy atom. The van der Waals surface area contributed by atoms with Crippen molar-refractivity contribution in [3.05, 3.63) is 80.2 Å². The van der Waals surface area contributed by atoms with E-state index in [1.165, 1.54) is 31.4 Å². The monoisotopic (exact) mass is 483 g/mol. The topological polar surface area (TPSA) is 137 Å². The summed E-state index contributed by atoms with van der Waals surface area (Å²) in [5.74, 6) is -1.01. The fourth-order valence-electron chi connectivity index (χ4n) is 3.15. The molecule has 0 bridgehead atoms.